The van der Waals surface area contributed by atoms with Gasteiger partial charge in [-0.3, -0.25) is 9.11 Å². The Balaban J connectivity index is 0.00000161. The molecule has 7 heteroatoms. The Morgan fingerprint density at radius 1 is 0.645 bits per heavy atom. The van der Waals surface area contributed by atoms with E-state index >= 15 is 0 Å². The van der Waals surface area contributed by atoms with Crippen molar-refractivity contribution >= 4 is 10.4 Å². The van der Waals surface area contributed by atoms with E-state index < -0.39 is 10.4 Å². The summed E-state index contributed by atoms with van der Waals surface area (Å²) in [5, 5.41) is 19.2. The lowest BCUT2D eigenvalue weighted by Crippen LogP contribution is -1.89. The van der Waals surface area contributed by atoms with E-state index in [0.717, 1.165) is 18.4 Å². The van der Waals surface area contributed by atoms with Crippen molar-refractivity contribution in [1.82, 2.24) is 0 Å². The first-order valence-corrected chi connectivity index (χ1v) is 13.3. The fourth-order valence-corrected chi connectivity index (χ4v) is 3.64. The van der Waals surface area contributed by atoms with E-state index in [1.807, 2.05) is 0 Å². The molecule has 0 fully saturated rings. The molecule has 1 aromatic carbocycles. The van der Waals surface area contributed by atoms with Crippen molar-refractivity contribution in [3.8, 4) is 11.5 Å². The smallest absolute Gasteiger partial charge is 0.394 e. The molecule has 0 aliphatic heterocycles. The third-order valence-electron chi connectivity index (χ3n) is 5.36. The van der Waals surface area contributed by atoms with E-state index in [1.54, 1.807) is 12.1 Å². The standard InChI is InChI=1S/C24H42O2.H2O4S/c1-2-3-4-5-6-7-8-9-10-11-12-13-14-15-16-17-18-22-21-23(25)19-20-24(22)26;1-5(2,3)4/h19-21,25-26H,2-18H2,1H3;(H2,1,2,3,4). The highest BCUT2D eigenvalue weighted by molar-refractivity contribution is 7.79. The summed E-state index contributed by atoms with van der Waals surface area (Å²) in [6.07, 6.45) is 22.8. The summed E-state index contributed by atoms with van der Waals surface area (Å²) in [6.45, 7) is 2.28. The van der Waals surface area contributed by atoms with Crippen molar-refractivity contribution < 1.29 is 27.7 Å². The predicted octanol–water partition coefficient (Wildman–Crippen LogP) is 7.25. The summed E-state index contributed by atoms with van der Waals surface area (Å²) in [4.78, 5) is 0. The maximum atomic E-state index is 9.75. The first-order valence-electron chi connectivity index (χ1n) is 11.9. The largest absolute Gasteiger partial charge is 0.508 e. The van der Waals surface area contributed by atoms with Crippen LogP contribution in [0.25, 0.3) is 0 Å². The van der Waals surface area contributed by atoms with Gasteiger partial charge in [0, 0.05) is 0 Å². The molecule has 6 nitrogen and oxygen atoms in total. The summed E-state index contributed by atoms with van der Waals surface area (Å²) < 4.78 is 31.6. The second-order valence-corrected chi connectivity index (χ2v) is 9.21. The van der Waals surface area contributed by atoms with Crippen molar-refractivity contribution in [2.45, 2.75) is 116 Å². The second-order valence-electron chi connectivity index (χ2n) is 8.31. The van der Waals surface area contributed by atoms with Gasteiger partial charge in [0.15, 0.2) is 0 Å². The molecule has 0 heterocycles. The highest BCUT2D eigenvalue weighted by Crippen LogP contribution is 2.24. The number of hydrogen-bond donors (Lipinski definition) is 4. The topological polar surface area (TPSA) is 115 Å². The van der Waals surface area contributed by atoms with E-state index in [2.05, 4.69) is 6.92 Å². The summed E-state index contributed by atoms with van der Waals surface area (Å²) in [5.74, 6) is 0.554. The van der Waals surface area contributed by atoms with Gasteiger partial charge < -0.3 is 10.2 Å². The molecule has 182 valence electrons. The summed E-state index contributed by atoms with van der Waals surface area (Å²) in [7, 11) is -4.67. The molecule has 0 aliphatic carbocycles. The quantitative estimate of drug-likeness (QED) is 0.111. The van der Waals surface area contributed by atoms with Crippen molar-refractivity contribution in [1.29, 1.82) is 0 Å². The normalized spacial score (nSPS) is 11.2. The Hall–Kier alpha value is -1.31. The summed E-state index contributed by atoms with van der Waals surface area (Å²) in [5.41, 5.74) is 0.871. The molecule has 0 unspecified atom stereocenters. The zero-order valence-electron chi connectivity index (χ0n) is 19.3. The molecule has 0 spiro atoms. The van der Waals surface area contributed by atoms with Gasteiger partial charge in [-0.25, -0.2) is 0 Å². The lowest BCUT2D eigenvalue weighted by molar-refractivity contribution is 0.381. The minimum atomic E-state index is -4.67. The van der Waals surface area contributed by atoms with Gasteiger partial charge in [0.1, 0.15) is 11.5 Å². The number of phenolic OH excluding ortho intramolecular Hbond substituents is 2. The van der Waals surface area contributed by atoms with Crippen LogP contribution in [0.2, 0.25) is 0 Å². The average Bonchev–Trinajstić information content (AvgIpc) is 2.69. The Morgan fingerprint density at radius 3 is 1.39 bits per heavy atom. The number of aryl methyl sites for hydroxylation is 1. The molecule has 0 saturated heterocycles. The number of benzene rings is 1. The zero-order valence-corrected chi connectivity index (χ0v) is 20.1. The molecule has 0 bridgehead atoms. The van der Waals surface area contributed by atoms with E-state index in [0.29, 0.717) is 5.75 Å². The van der Waals surface area contributed by atoms with Crippen LogP contribution in [0.5, 0.6) is 11.5 Å². The summed E-state index contributed by atoms with van der Waals surface area (Å²) >= 11 is 0. The average molecular weight is 461 g/mol. The van der Waals surface area contributed by atoms with E-state index in [-0.39, 0.29) is 5.75 Å². The molecule has 0 radical (unpaired) electrons. The molecular weight excluding hydrogens is 416 g/mol. The van der Waals surface area contributed by atoms with Crippen LogP contribution in [-0.2, 0) is 16.8 Å². The predicted molar refractivity (Wildman–Crippen MR) is 127 cm³/mol. The zero-order chi connectivity index (χ0) is 23.4. The highest BCUT2D eigenvalue weighted by Gasteiger charge is 2.02. The van der Waals surface area contributed by atoms with E-state index in [9.17, 15) is 10.2 Å². The molecule has 4 N–H and O–H groups in total. The van der Waals surface area contributed by atoms with Gasteiger partial charge in [-0.15, -0.1) is 0 Å². The van der Waals surface area contributed by atoms with Gasteiger partial charge in [-0.2, -0.15) is 8.42 Å². The minimum Gasteiger partial charge on any atom is -0.508 e. The molecule has 0 atom stereocenters. The number of phenols is 2. The van der Waals surface area contributed by atoms with Crippen LogP contribution in [0.1, 0.15) is 115 Å². The molecule has 0 aliphatic rings. The van der Waals surface area contributed by atoms with Gasteiger partial charge >= 0.3 is 10.4 Å². The molecule has 0 aromatic heterocycles. The maximum Gasteiger partial charge on any atom is 0.394 e. The van der Waals surface area contributed by atoms with Crippen LogP contribution >= 0.6 is 0 Å². The van der Waals surface area contributed by atoms with E-state index in [4.69, 9.17) is 17.5 Å². The number of unbranched alkanes of at least 4 members (excludes halogenated alkanes) is 15. The molecule has 0 saturated carbocycles. The van der Waals surface area contributed by atoms with Crippen molar-refractivity contribution in [2.75, 3.05) is 0 Å². The van der Waals surface area contributed by atoms with Gasteiger partial charge in [0.25, 0.3) is 0 Å². The fourth-order valence-electron chi connectivity index (χ4n) is 3.64. The van der Waals surface area contributed by atoms with Crippen molar-refractivity contribution in [2.24, 2.45) is 0 Å². The number of aromatic hydroxyl groups is 2. The first kappa shape index (κ1) is 29.7. The van der Waals surface area contributed by atoms with Crippen molar-refractivity contribution in [3.05, 3.63) is 23.8 Å². The van der Waals surface area contributed by atoms with Crippen LogP contribution in [0.3, 0.4) is 0 Å². The third-order valence-corrected chi connectivity index (χ3v) is 5.36. The Bertz CT molecular complexity index is 637. The molecular formula is C24H44O6S. The van der Waals surface area contributed by atoms with Gasteiger partial charge in [0.2, 0.25) is 0 Å². The lowest BCUT2D eigenvalue weighted by Gasteiger charge is -2.06. The van der Waals surface area contributed by atoms with E-state index in [1.165, 1.54) is 102 Å². The molecule has 1 aromatic rings. The summed E-state index contributed by atoms with van der Waals surface area (Å²) in [6, 6.07) is 4.80. The molecule has 0 amide bonds. The Kier molecular flexibility index (Phi) is 18.6. The van der Waals surface area contributed by atoms with Crippen molar-refractivity contribution in [3.63, 3.8) is 0 Å². The van der Waals surface area contributed by atoms with Crippen LogP contribution in [0.4, 0.5) is 0 Å². The van der Waals surface area contributed by atoms with Gasteiger partial charge in [-0.1, -0.05) is 103 Å². The van der Waals surface area contributed by atoms with Crippen LogP contribution < -0.4 is 0 Å². The fraction of sp³-hybridized carbons (Fsp3) is 0.750. The first-order chi connectivity index (χ1) is 14.7. The third kappa shape index (κ3) is 23.2. The van der Waals surface area contributed by atoms with Crippen LogP contribution in [-0.4, -0.2) is 27.7 Å². The molecule has 1 rings (SSSR count). The second kappa shape index (κ2) is 19.4. The van der Waals surface area contributed by atoms with Gasteiger partial charge in [-0.05, 0) is 36.6 Å². The van der Waals surface area contributed by atoms with Gasteiger partial charge in [0.05, 0.1) is 0 Å². The highest BCUT2D eigenvalue weighted by atomic mass is 32.3. The maximum absolute atomic E-state index is 9.75. The molecule has 31 heavy (non-hydrogen) atoms. The monoisotopic (exact) mass is 460 g/mol. The van der Waals surface area contributed by atoms with Crippen LogP contribution in [0, 0.1) is 0 Å². The number of rotatable bonds is 17. The minimum absolute atomic E-state index is 0.245. The SMILES string of the molecule is CCCCCCCCCCCCCCCCCCc1cc(O)ccc1O.O=S(=O)(O)O. The Morgan fingerprint density at radius 2 is 1.00 bits per heavy atom. The van der Waals surface area contributed by atoms with Crippen LogP contribution in [0.15, 0.2) is 18.2 Å². The number of hydrogen-bond acceptors (Lipinski definition) is 4. The Labute approximate surface area is 189 Å². The lowest BCUT2D eigenvalue weighted by atomic mass is 10.0.